The minimum Gasteiger partial charge on any atom is -0.496 e. The van der Waals surface area contributed by atoms with Gasteiger partial charge in [0.2, 0.25) is 0 Å². The van der Waals surface area contributed by atoms with Crippen molar-refractivity contribution in [2.75, 3.05) is 20.3 Å². The zero-order valence-corrected chi connectivity index (χ0v) is 13.7. The first-order chi connectivity index (χ1) is 9.67. The fourth-order valence-corrected chi connectivity index (χ4v) is 2.53. The van der Waals surface area contributed by atoms with E-state index < -0.39 is 0 Å². The predicted octanol–water partition coefficient (Wildman–Crippen LogP) is 4.20. The molecule has 3 nitrogen and oxygen atoms in total. The Morgan fingerprint density at radius 3 is 2.55 bits per heavy atom. The van der Waals surface area contributed by atoms with Crippen LogP contribution in [0.15, 0.2) is 18.2 Å². The summed E-state index contributed by atoms with van der Waals surface area (Å²) in [5.41, 5.74) is 1.06. The van der Waals surface area contributed by atoms with E-state index in [1.807, 2.05) is 25.1 Å². The highest BCUT2D eigenvalue weighted by Crippen LogP contribution is 2.32. The zero-order valence-electron chi connectivity index (χ0n) is 12.9. The van der Waals surface area contributed by atoms with Crippen LogP contribution in [0.2, 0.25) is 5.02 Å². The van der Waals surface area contributed by atoms with Crippen LogP contribution in [0, 0.1) is 0 Å². The number of rotatable bonds is 9. The standard InChI is InChI=1S/C16H26ClNO2/c1-5-10-18-16(14(6-2)20-7-3)13-11-12(17)8-9-15(13)19-4/h8-9,11,14,16,18H,5-7,10H2,1-4H3. The van der Waals surface area contributed by atoms with E-state index in [-0.39, 0.29) is 12.1 Å². The van der Waals surface area contributed by atoms with Crippen LogP contribution in [0.4, 0.5) is 0 Å². The van der Waals surface area contributed by atoms with Crippen LogP contribution >= 0.6 is 11.6 Å². The lowest BCUT2D eigenvalue weighted by Crippen LogP contribution is -2.34. The van der Waals surface area contributed by atoms with Gasteiger partial charge in [-0.3, -0.25) is 0 Å². The number of methoxy groups -OCH3 is 1. The van der Waals surface area contributed by atoms with Crippen molar-refractivity contribution in [2.24, 2.45) is 0 Å². The van der Waals surface area contributed by atoms with Crippen LogP contribution in [0.1, 0.15) is 45.2 Å². The number of halogens is 1. The van der Waals surface area contributed by atoms with Crippen LogP contribution in [0.3, 0.4) is 0 Å². The summed E-state index contributed by atoms with van der Waals surface area (Å²) in [7, 11) is 1.69. The van der Waals surface area contributed by atoms with Gasteiger partial charge in [-0.15, -0.1) is 0 Å². The highest BCUT2D eigenvalue weighted by molar-refractivity contribution is 6.30. The van der Waals surface area contributed by atoms with Crippen molar-refractivity contribution in [3.63, 3.8) is 0 Å². The van der Waals surface area contributed by atoms with E-state index in [1.54, 1.807) is 7.11 Å². The summed E-state index contributed by atoms with van der Waals surface area (Å²) in [4.78, 5) is 0. The highest BCUT2D eigenvalue weighted by Gasteiger charge is 2.24. The molecule has 20 heavy (non-hydrogen) atoms. The second kappa shape index (κ2) is 9.22. The molecule has 0 heterocycles. The van der Waals surface area contributed by atoms with E-state index in [0.29, 0.717) is 6.61 Å². The number of ether oxygens (including phenoxy) is 2. The third-order valence-corrected chi connectivity index (χ3v) is 3.53. The average molecular weight is 300 g/mol. The summed E-state index contributed by atoms with van der Waals surface area (Å²) >= 11 is 6.15. The van der Waals surface area contributed by atoms with Crippen LogP contribution in [0.5, 0.6) is 5.75 Å². The van der Waals surface area contributed by atoms with E-state index in [2.05, 4.69) is 19.2 Å². The van der Waals surface area contributed by atoms with Gasteiger partial charge in [0.15, 0.2) is 0 Å². The van der Waals surface area contributed by atoms with Crippen LogP contribution in [0.25, 0.3) is 0 Å². The Morgan fingerprint density at radius 1 is 1.25 bits per heavy atom. The fourth-order valence-electron chi connectivity index (χ4n) is 2.35. The highest BCUT2D eigenvalue weighted by atomic mass is 35.5. The SMILES string of the molecule is CCCNC(c1cc(Cl)ccc1OC)C(CC)OCC. The number of hydrogen-bond donors (Lipinski definition) is 1. The molecule has 0 radical (unpaired) electrons. The van der Waals surface area contributed by atoms with E-state index >= 15 is 0 Å². The first-order valence-corrected chi connectivity index (χ1v) is 7.74. The van der Waals surface area contributed by atoms with Gasteiger partial charge in [0.05, 0.1) is 19.3 Å². The molecular formula is C16H26ClNO2. The van der Waals surface area contributed by atoms with Crippen molar-refractivity contribution in [1.82, 2.24) is 5.32 Å². The Labute approximate surface area is 127 Å². The van der Waals surface area contributed by atoms with Gasteiger partial charge >= 0.3 is 0 Å². The summed E-state index contributed by atoms with van der Waals surface area (Å²) in [5.74, 6) is 0.848. The minimum atomic E-state index is 0.0912. The molecule has 0 aromatic heterocycles. The van der Waals surface area contributed by atoms with Crippen molar-refractivity contribution >= 4 is 11.6 Å². The van der Waals surface area contributed by atoms with Crippen molar-refractivity contribution < 1.29 is 9.47 Å². The molecular weight excluding hydrogens is 274 g/mol. The first-order valence-electron chi connectivity index (χ1n) is 7.36. The van der Waals surface area contributed by atoms with E-state index in [4.69, 9.17) is 21.1 Å². The Hall–Kier alpha value is -0.770. The molecule has 0 aliphatic heterocycles. The van der Waals surface area contributed by atoms with Gasteiger partial charge in [-0.25, -0.2) is 0 Å². The number of hydrogen-bond acceptors (Lipinski definition) is 3. The fraction of sp³-hybridized carbons (Fsp3) is 0.625. The maximum Gasteiger partial charge on any atom is 0.123 e. The largest absolute Gasteiger partial charge is 0.496 e. The van der Waals surface area contributed by atoms with Crippen LogP contribution in [-0.2, 0) is 4.74 Å². The molecule has 1 aromatic rings. The molecule has 0 aliphatic carbocycles. The molecule has 114 valence electrons. The Balaban J connectivity index is 3.10. The Bertz CT molecular complexity index is 398. The van der Waals surface area contributed by atoms with E-state index in [9.17, 15) is 0 Å². The van der Waals surface area contributed by atoms with Gasteiger partial charge in [0, 0.05) is 17.2 Å². The topological polar surface area (TPSA) is 30.5 Å². The smallest absolute Gasteiger partial charge is 0.123 e. The molecule has 1 aromatic carbocycles. The molecule has 0 saturated carbocycles. The normalized spacial score (nSPS) is 14.1. The van der Waals surface area contributed by atoms with Gasteiger partial charge in [0.25, 0.3) is 0 Å². The monoisotopic (exact) mass is 299 g/mol. The van der Waals surface area contributed by atoms with Gasteiger partial charge in [0.1, 0.15) is 5.75 Å². The van der Waals surface area contributed by atoms with Crippen molar-refractivity contribution in [1.29, 1.82) is 0 Å². The summed E-state index contributed by atoms with van der Waals surface area (Å²) in [6.07, 6.45) is 2.12. The zero-order chi connectivity index (χ0) is 15.0. The summed E-state index contributed by atoms with van der Waals surface area (Å²) in [6, 6.07) is 5.82. The maximum absolute atomic E-state index is 6.15. The molecule has 2 unspecified atom stereocenters. The third-order valence-electron chi connectivity index (χ3n) is 3.30. The molecule has 0 spiro atoms. The lowest BCUT2D eigenvalue weighted by Gasteiger charge is -2.29. The summed E-state index contributed by atoms with van der Waals surface area (Å²) < 4.78 is 11.4. The van der Waals surface area contributed by atoms with Gasteiger partial charge < -0.3 is 14.8 Å². The quantitative estimate of drug-likeness (QED) is 0.741. The predicted molar refractivity (Wildman–Crippen MR) is 84.7 cm³/mol. The van der Waals surface area contributed by atoms with E-state index in [0.717, 1.165) is 35.7 Å². The minimum absolute atomic E-state index is 0.0912. The molecule has 0 aliphatic rings. The lowest BCUT2D eigenvalue weighted by atomic mass is 9.98. The second-order valence-corrected chi connectivity index (χ2v) is 5.16. The average Bonchev–Trinajstić information content (AvgIpc) is 2.46. The maximum atomic E-state index is 6.15. The molecule has 2 atom stereocenters. The van der Waals surface area contributed by atoms with Crippen LogP contribution in [-0.4, -0.2) is 26.4 Å². The van der Waals surface area contributed by atoms with Gasteiger partial charge in [-0.2, -0.15) is 0 Å². The van der Waals surface area contributed by atoms with Crippen molar-refractivity contribution in [3.8, 4) is 5.75 Å². The van der Waals surface area contributed by atoms with Gasteiger partial charge in [-0.1, -0.05) is 25.4 Å². The summed E-state index contributed by atoms with van der Waals surface area (Å²) in [5, 5.41) is 4.28. The Morgan fingerprint density at radius 2 is 2.00 bits per heavy atom. The van der Waals surface area contributed by atoms with Crippen molar-refractivity contribution in [2.45, 2.75) is 45.8 Å². The Kier molecular flexibility index (Phi) is 7.97. The van der Waals surface area contributed by atoms with E-state index in [1.165, 1.54) is 0 Å². The van der Waals surface area contributed by atoms with Crippen molar-refractivity contribution in [3.05, 3.63) is 28.8 Å². The summed E-state index contributed by atoms with van der Waals surface area (Å²) in [6.45, 7) is 7.95. The second-order valence-electron chi connectivity index (χ2n) is 4.72. The molecule has 1 rings (SSSR count). The number of benzene rings is 1. The first kappa shape index (κ1) is 17.3. The number of nitrogens with one attached hydrogen (secondary N) is 1. The molecule has 0 fully saturated rings. The lowest BCUT2D eigenvalue weighted by molar-refractivity contribution is 0.0308. The molecule has 1 N–H and O–H groups in total. The van der Waals surface area contributed by atoms with Gasteiger partial charge in [-0.05, 0) is 44.5 Å². The molecule has 0 amide bonds. The molecule has 0 bridgehead atoms. The third kappa shape index (κ3) is 4.65. The van der Waals surface area contributed by atoms with Crippen LogP contribution < -0.4 is 10.1 Å². The molecule has 4 heteroatoms. The molecule has 0 saturated heterocycles.